The summed E-state index contributed by atoms with van der Waals surface area (Å²) in [4.78, 5) is 11.2. The molecule has 2 rings (SSSR count). The minimum atomic E-state index is -0.478. The lowest BCUT2D eigenvalue weighted by molar-refractivity contribution is 0.100. The summed E-state index contributed by atoms with van der Waals surface area (Å²) >= 11 is 0. The molecule has 3 nitrogen and oxygen atoms in total. The topological polar surface area (TPSA) is 69.1 Å². The number of para-hydroxylation sites is 1. The fourth-order valence-corrected chi connectivity index (χ4v) is 1.97. The van der Waals surface area contributed by atoms with Gasteiger partial charge in [0.15, 0.2) is 0 Å². The number of nitrogens with two attached hydrogens (primary N) is 2. The van der Waals surface area contributed by atoms with E-state index in [9.17, 15) is 4.79 Å². The summed E-state index contributed by atoms with van der Waals surface area (Å²) in [5.74, 6) is -0.478. The Labute approximate surface area is 106 Å². The normalized spacial score (nSPS) is 10.2. The van der Waals surface area contributed by atoms with E-state index in [4.69, 9.17) is 11.5 Å². The van der Waals surface area contributed by atoms with E-state index in [-0.39, 0.29) is 0 Å². The molecule has 3 heteroatoms. The van der Waals surface area contributed by atoms with Crippen molar-refractivity contribution in [2.24, 2.45) is 5.73 Å². The third kappa shape index (κ3) is 2.69. The largest absolute Gasteiger partial charge is 0.398 e. The summed E-state index contributed by atoms with van der Waals surface area (Å²) in [6, 6.07) is 15.6. The first kappa shape index (κ1) is 12.2. The fourth-order valence-electron chi connectivity index (χ4n) is 1.97. The number of amides is 1. The third-order valence-electron chi connectivity index (χ3n) is 2.99. The Balaban J connectivity index is 2.15. The molecule has 0 spiro atoms. The maximum Gasteiger partial charge on any atom is 0.250 e. The van der Waals surface area contributed by atoms with Crippen molar-refractivity contribution >= 4 is 11.6 Å². The Bertz CT molecular complexity index is 550. The van der Waals surface area contributed by atoms with Gasteiger partial charge in [-0.2, -0.15) is 0 Å². The zero-order valence-corrected chi connectivity index (χ0v) is 10.1. The number of primary amides is 1. The third-order valence-corrected chi connectivity index (χ3v) is 2.99. The van der Waals surface area contributed by atoms with Crippen molar-refractivity contribution in [2.75, 3.05) is 5.73 Å². The Kier molecular flexibility index (Phi) is 3.63. The number of anilines is 1. The van der Waals surface area contributed by atoms with E-state index in [2.05, 4.69) is 12.1 Å². The van der Waals surface area contributed by atoms with Gasteiger partial charge >= 0.3 is 0 Å². The minimum Gasteiger partial charge on any atom is -0.398 e. The van der Waals surface area contributed by atoms with Crippen LogP contribution in [0.15, 0.2) is 48.5 Å². The average Bonchev–Trinajstić information content (AvgIpc) is 2.38. The predicted octanol–water partition coefficient (Wildman–Crippen LogP) is 2.15. The smallest absolute Gasteiger partial charge is 0.250 e. The standard InChI is InChI=1S/C15H16N2O/c16-14-12(7-4-8-13(14)15(17)18)10-9-11-5-2-1-3-6-11/h1-8H,9-10,16H2,(H2,17,18). The molecule has 0 radical (unpaired) electrons. The highest BCUT2D eigenvalue weighted by Crippen LogP contribution is 2.19. The molecule has 0 saturated carbocycles. The summed E-state index contributed by atoms with van der Waals surface area (Å²) in [5.41, 5.74) is 14.3. The van der Waals surface area contributed by atoms with E-state index < -0.39 is 5.91 Å². The maximum absolute atomic E-state index is 11.2. The molecule has 0 heterocycles. The average molecular weight is 240 g/mol. The molecule has 92 valence electrons. The first-order valence-corrected chi connectivity index (χ1v) is 5.89. The van der Waals surface area contributed by atoms with Gasteiger partial charge in [0, 0.05) is 5.69 Å². The van der Waals surface area contributed by atoms with E-state index in [0.29, 0.717) is 11.3 Å². The number of carbonyl (C=O) groups excluding carboxylic acids is 1. The number of rotatable bonds is 4. The van der Waals surface area contributed by atoms with Crippen LogP contribution >= 0.6 is 0 Å². The lowest BCUT2D eigenvalue weighted by atomic mass is 10.00. The van der Waals surface area contributed by atoms with Crippen LogP contribution in [0.4, 0.5) is 5.69 Å². The number of hydrogen-bond donors (Lipinski definition) is 2. The van der Waals surface area contributed by atoms with Crippen LogP contribution in [0.2, 0.25) is 0 Å². The van der Waals surface area contributed by atoms with Gasteiger partial charge in [0.2, 0.25) is 0 Å². The first-order chi connectivity index (χ1) is 8.68. The molecular formula is C15H16N2O. The van der Waals surface area contributed by atoms with E-state index in [0.717, 1.165) is 18.4 Å². The van der Waals surface area contributed by atoms with Crippen molar-refractivity contribution in [2.45, 2.75) is 12.8 Å². The molecule has 0 saturated heterocycles. The van der Waals surface area contributed by atoms with E-state index in [1.807, 2.05) is 30.3 Å². The SMILES string of the molecule is NC(=O)c1cccc(CCc2ccccc2)c1N. The van der Waals surface area contributed by atoms with Crippen LogP contribution in [-0.2, 0) is 12.8 Å². The van der Waals surface area contributed by atoms with E-state index in [1.165, 1.54) is 5.56 Å². The summed E-state index contributed by atoms with van der Waals surface area (Å²) in [6.07, 6.45) is 1.70. The molecule has 18 heavy (non-hydrogen) atoms. The molecule has 0 aromatic heterocycles. The van der Waals surface area contributed by atoms with Crippen molar-refractivity contribution in [3.63, 3.8) is 0 Å². The summed E-state index contributed by atoms with van der Waals surface area (Å²) in [6.45, 7) is 0. The van der Waals surface area contributed by atoms with Crippen LogP contribution in [0.5, 0.6) is 0 Å². The molecule has 0 fully saturated rings. The van der Waals surface area contributed by atoms with E-state index in [1.54, 1.807) is 6.07 Å². The highest BCUT2D eigenvalue weighted by Gasteiger charge is 2.09. The molecule has 0 aliphatic heterocycles. The predicted molar refractivity (Wildman–Crippen MR) is 73.2 cm³/mol. The van der Waals surface area contributed by atoms with Crippen LogP contribution in [-0.4, -0.2) is 5.91 Å². The van der Waals surface area contributed by atoms with Crippen molar-refractivity contribution in [3.05, 3.63) is 65.2 Å². The second-order valence-corrected chi connectivity index (χ2v) is 4.23. The van der Waals surface area contributed by atoms with Crippen LogP contribution in [0, 0.1) is 0 Å². The first-order valence-electron chi connectivity index (χ1n) is 5.89. The Morgan fingerprint density at radius 1 is 0.944 bits per heavy atom. The lowest BCUT2D eigenvalue weighted by Gasteiger charge is -2.08. The Hall–Kier alpha value is -2.29. The van der Waals surface area contributed by atoms with Gasteiger partial charge < -0.3 is 11.5 Å². The second-order valence-electron chi connectivity index (χ2n) is 4.23. The maximum atomic E-state index is 11.2. The summed E-state index contributed by atoms with van der Waals surface area (Å²) < 4.78 is 0. The summed E-state index contributed by atoms with van der Waals surface area (Å²) in [7, 11) is 0. The van der Waals surface area contributed by atoms with Gasteiger partial charge in [-0.15, -0.1) is 0 Å². The number of carbonyl (C=O) groups is 1. The van der Waals surface area contributed by atoms with Gasteiger partial charge in [-0.05, 0) is 30.0 Å². The monoisotopic (exact) mass is 240 g/mol. The molecule has 1 amide bonds. The highest BCUT2D eigenvalue weighted by molar-refractivity contribution is 5.98. The van der Waals surface area contributed by atoms with Crippen LogP contribution in [0.25, 0.3) is 0 Å². The zero-order valence-electron chi connectivity index (χ0n) is 10.1. The van der Waals surface area contributed by atoms with E-state index >= 15 is 0 Å². The fraction of sp³-hybridized carbons (Fsp3) is 0.133. The Morgan fingerprint density at radius 2 is 1.67 bits per heavy atom. The zero-order chi connectivity index (χ0) is 13.0. The van der Waals surface area contributed by atoms with Crippen molar-refractivity contribution in [3.8, 4) is 0 Å². The number of aryl methyl sites for hydroxylation is 2. The molecule has 2 aromatic rings. The molecule has 0 bridgehead atoms. The molecule has 0 unspecified atom stereocenters. The van der Waals surface area contributed by atoms with Crippen LogP contribution < -0.4 is 11.5 Å². The van der Waals surface area contributed by atoms with Gasteiger partial charge in [-0.25, -0.2) is 0 Å². The summed E-state index contributed by atoms with van der Waals surface area (Å²) in [5, 5.41) is 0. The number of hydrogen-bond acceptors (Lipinski definition) is 2. The molecule has 2 aromatic carbocycles. The minimum absolute atomic E-state index is 0.403. The number of nitrogen functional groups attached to an aromatic ring is 1. The van der Waals surface area contributed by atoms with Crippen molar-refractivity contribution in [1.82, 2.24) is 0 Å². The second kappa shape index (κ2) is 5.36. The van der Waals surface area contributed by atoms with Gasteiger partial charge in [0.25, 0.3) is 5.91 Å². The van der Waals surface area contributed by atoms with Crippen molar-refractivity contribution in [1.29, 1.82) is 0 Å². The highest BCUT2D eigenvalue weighted by atomic mass is 16.1. The van der Waals surface area contributed by atoms with Crippen LogP contribution in [0.3, 0.4) is 0 Å². The number of benzene rings is 2. The molecular weight excluding hydrogens is 224 g/mol. The van der Waals surface area contributed by atoms with Gasteiger partial charge in [-0.3, -0.25) is 4.79 Å². The quantitative estimate of drug-likeness (QED) is 0.804. The van der Waals surface area contributed by atoms with Crippen LogP contribution in [0.1, 0.15) is 21.5 Å². The Morgan fingerprint density at radius 3 is 2.33 bits per heavy atom. The van der Waals surface area contributed by atoms with Gasteiger partial charge in [0.05, 0.1) is 5.56 Å². The van der Waals surface area contributed by atoms with Gasteiger partial charge in [0.1, 0.15) is 0 Å². The van der Waals surface area contributed by atoms with Gasteiger partial charge in [-0.1, -0.05) is 42.5 Å². The molecule has 0 atom stereocenters. The lowest BCUT2D eigenvalue weighted by Crippen LogP contribution is -2.14. The molecule has 0 aliphatic rings. The van der Waals surface area contributed by atoms with Crippen molar-refractivity contribution < 1.29 is 4.79 Å². The molecule has 0 aliphatic carbocycles. The molecule has 4 N–H and O–H groups in total.